The molecule has 29 heavy (non-hydrogen) atoms. The number of carbonyl (C=O) groups is 2. The van der Waals surface area contributed by atoms with Crippen LogP contribution in [-0.4, -0.2) is 45.8 Å². The molecular formula is C23H38N2O4. The zero-order valence-corrected chi connectivity index (χ0v) is 18.6. The monoisotopic (exact) mass is 406 g/mol. The van der Waals surface area contributed by atoms with Crippen molar-refractivity contribution in [3.63, 3.8) is 0 Å². The van der Waals surface area contributed by atoms with E-state index in [0.29, 0.717) is 11.3 Å². The van der Waals surface area contributed by atoms with E-state index in [1.165, 1.54) is 57.0 Å². The molecule has 0 heterocycles. The Balaban J connectivity index is 2.64. The molecule has 0 radical (unpaired) electrons. The predicted octanol–water partition coefficient (Wildman–Crippen LogP) is 5.03. The lowest BCUT2D eigenvalue weighted by molar-refractivity contribution is -0.121. The topological polar surface area (TPSA) is 67.9 Å². The van der Waals surface area contributed by atoms with Crippen LogP contribution in [0.3, 0.4) is 0 Å². The Morgan fingerprint density at radius 3 is 2.28 bits per heavy atom. The molecule has 0 saturated carbocycles. The van der Waals surface area contributed by atoms with Gasteiger partial charge in [-0.25, -0.2) is 4.79 Å². The van der Waals surface area contributed by atoms with Crippen LogP contribution in [-0.2, 0) is 14.3 Å². The number of benzene rings is 1. The van der Waals surface area contributed by atoms with Crippen LogP contribution >= 0.6 is 0 Å². The first-order chi connectivity index (χ1) is 14.0. The number of amides is 1. The number of carbonyl (C=O) groups excluding carboxylic acids is 2. The summed E-state index contributed by atoms with van der Waals surface area (Å²) in [6.45, 7) is 5.10. The zero-order chi connectivity index (χ0) is 21.5. The number of hydrogen-bond donors (Lipinski definition) is 1. The number of rotatable bonds is 15. The summed E-state index contributed by atoms with van der Waals surface area (Å²) in [7, 11) is 3.11. The second-order valence-electron chi connectivity index (χ2n) is 7.24. The number of anilines is 2. The lowest BCUT2D eigenvalue weighted by Crippen LogP contribution is -2.31. The van der Waals surface area contributed by atoms with Crippen molar-refractivity contribution in [2.75, 3.05) is 44.1 Å². The van der Waals surface area contributed by atoms with E-state index in [9.17, 15) is 9.59 Å². The van der Waals surface area contributed by atoms with E-state index >= 15 is 0 Å². The van der Waals surface area contributed by atoms with Gasteiger partial charge >= 0.3 is 5.97 Å². The standard InChI is InChI=1S/C23H38N2O4/c1-5-7-8-9-10-11-12-13-16-24-19-14-15-20(23(27)29-6-2)21(17-19)25(3)22(26)18-28-4/h14-15,17,24H,5-13,16,18H2,1-4H3. The fourth-order valence-corrected chi connectivity index (χ4v) is 3.15. The van der Waals surface area contributed by atoms with E-state index < -0.39 is 5.97 Å². The van der Waals surface area contributed by atoms with E-state index in [1.807, 2.05) is 12.1 Å². The fourth-order valence-electron chi connectivity index (χ4n) is 3.15. The Morgan fingerprint density at radius 2 is 1.66 bits per heavy atom. The van der Waals surface area contributed by atoms with E-state index in [2.05, 4.69) is 12.2 Å². The van der Waals surface area contributed by atoms with E-state index in [1.54, 1.807) is 20.0 Å². The number of methoxy groups -OCH3 is 1. The summed E-state index contributed by atoms with van der Waals surface area (Å²) in [6.07, 6.45) is 10.2. The van der Waals surface area contributed by atoms with E-state index in [-0.39, 0.29) is 19.1 Å². The molecule has 1 rings (SSSR count). The molecule has 0 aromatic heterocycles. The lowest BCUT2D eigenvalue weighted by Gasteiger charge is -2.21. The van der Waals surface area contributed by atoms with Crippen molar-refractivity contribution in [3.8, 4) is 0 Å². The highest BCUT2D eigenvalue weighted by atomic mass is 16.5. The number of esters is 1. The number of unbranched alkanes of at least 4 members (excludes halogenated alkanes) is 7. The van der Waals surface area contributed by atoms with Gasteiger partial charge < -0.3 is 19.7 Å². The van der Waals surface area contributed by atoms with Gasteiger partial charge in [0.25, 0.3) is 5.91 Å². The summed E-state index contributed by atoms with van der Waals surface area (Å²) in [4.78, 5) is 26.0. The van der Waals surface area contributed by atoms with Gasteiger partial charge in [-0.05, 0) is 31.5 Å². The van der Waals surface area contributed by atoms with Crippen molar-refractivity contribution in [1.82, 2.24) is 0 Å². The minimum absolute atomic E-state index is 0.0469. The van der Waals surface area contributed by atoms with Crippen LogP contribution in [0.25, 0.3) is 0 Å². The minimum Gasteiger partial charge on any atom is -0.462 e. The normalized spacial score (nSPS) is 10.6. The highest BCUT2D eigenvalue weighted by molar-refractivity contribution is 6.03. The molecule has 0 fully saturated rings. The Morgan fingerprint density at radius 1 is 1.00 bits per heavy atom. The van der Waals surface area contributed by atoms with Gasteiger partial charge in [-0.2, -0.15) is 0 Å². The molecule has 1 amide bonds. The minimum atomic E-state index is -0.436. The third kappa shape index (κ3) is 9.31. The van der Waals surface area contributed by atoms with Crippen LogP contribution in [0.2, 0.25) is 0 Å². The average molecular weight is 407 g/mol. The van der Waals surface area contributed by atoms with Gasteiger partial charge in [-0.3, -0.25) is 4.79 Å². The van der Waals surface area contributed by atoms with Crippen molar-refractivity contribution in [2.45, 2.75) is 65.2 Å². The van der Waals surface area contributed by atoms with Crippen LogP contribution in [0, 0.1) is 0 Å². The van der Waals surface area contributed by atoms with Crippen LogP contribution < -0.4 is 10.2 Å². The first kappa shape index (κ1) is 25.0. The second-order valence-corrected chi connectivity index (χ2v) is 7.24. The van der Waals surface area contributed by atoms with Crippen LogP contribution in [0.1, 0.15) is 75.6 Å². The maximum Gasteiger partial charge on any atom is 0.340 e. The number of nitrogens with one attached hydrogen (secondary N) is 1. The second kappa shape index (κ2) is 14.9. The lowest BCUT2D eigenvalue weighted by atomic mass is 10.1. The number of ether oxygens (including phenoxy) is 2. The van der Waals surface area contributed by atoms with Crippen molar-refractivity contribution in [3.05, 3.63) is 23.8 Å². The summed E-state index contributed by atoms with van der Waals surface area (Å²) in [5.41, 5.74) is 1.77. The number of likely N-dealkylation sites (N-methyl/N-ethyl adjacent to an activating group) is 1. The SMILES string of the molecule is CCCCCCCCCCNc1ccc(C(=O)OCC)c(N(C)C(=O)COC)c1. The van der Waals surface area contributed by atoms with Crippen LogP contribution in [0.15, 0.2) is 18.2 Å². The van der Waals surface area contributed by atoms with Gasteiger partial charge in [-0.1, -0.05) is 51.9 Å². The molecule has 1 aromatic rings. The molecule has 0 aliphatic carbocycles. The van der Waals surface area contributed by atoms with Crippen molar-refractivity contribution in [2.24, 2.45) is 0 Å². The largest absolute Gasteiger partial charge is 0.462 e. The van der Waals surface area contributed by atoms with Crippen molar-refractivity contribution >= 4 is 23.3 Å². The number of hydrogen-bond acceptors (Lipinski definition) is 5. The summed E-state index contributed by atoms with van der Waals surface area (Å²) in [5, 5.41) is 3.40. The molecule has 1 aromatic carbocycles. The van der Waals surface area contributed by atoms with Gasteiger partial charge in [0, 0.05) is 26.4 Å². The molecule has 0 atom stereocenters. The highest BCUT2D eigenvalue weighted by Crippen LogP contribution is 2.25. The molecule has 0 bridgehead atoms. The quantitative estimate of drug-likeness (QED) is 0.327. The summed E-state index contributed by atoms with van der Waals surface area (Å²) >= 11 is 0. The molecular weight excluding hydrogens is 368 g/mol. The van der Waals surface area contributed by atoms with Crippen molar-refractivity contribution in [1.29, 1.82) is 0 Å². The predicted molar refractivity (Wildman–Crippen MR) is 119 cm³/mol. The van der Waals surface area contributed by atoms with E-state index in [0.717, 1.165) is 18.7 Å². The Bertz CT molecular complexity index is 619. The summed E-state index contributed by atoms with van der Waals surface area (Å²) in [6, 6.07) is 5.39. The first-order valence-electron chi connectivity index (χ1n) is 10.9. The Hall–Kier alpha value is -2.08. The summed E-state index contributed by atoms with van der Waals surface area (Å²) < 4.78 is 10.1. The molecule has 0 unspecified atom stereocenters. The molecule has 6 heteroatoms. The molecule has 0 spiro atoms. The van der Waals surface area contributed by atoms with Gasteiger partial charge in [0.2, 0.25) is 0 Å². The van der Waals surface area contributed by atoms with Gasteiger partial charge in [0.1, 0.15) is 6.61 Å². The highest BCUT2D eigenvalue weighted by Gasteiger charge is 2.20. The zero-order valence-electron chi connectivity index (χ0n) is 18.6. The van der Waals surface area contributed by atoms with E-state index in [4.69, 9.17) is 9.47 Å². The third-order valence-electron chi connectivity index (χ3n) is 4.86. The Kier molecular flexibility index (Phi) is 12.8. The fraction of sp³-hybridized carbons (Fsp3) is 0.652. The summed E-state index contributed by atoms with van der Waals surface area (Å²) in [5.74, 6) is -0.660. The maximum atomic E-state index is 12.3. The van der Waals surface area contributed by atoms with Crippen LogP contribution in [0.4, 0.5) is 11.4 Å². The molecule has 0 saturated heterocycles. The number of nitrogens with zero attached hydrogens (tertiary/aromatic N) is 1. The Labute approximate surface area is 175 Å². The molecule has 0 aliphatic rings. The molecule has 164 valence electrons. The third-order valence-corrected chi connectivity index (χ3v) is 4.86. The van der Waals surface area contributed by atoms with Crippen LogP contribution in [0.5, 0.6) is 0 Å². The first-order valence-corrected chi connectivity index (χ1v) is 10.9. The van der Waals surface area contributed by atoms with Gasteiger partial charge in [0.05, 0.1) is 17.9 Å². The average Bonchev–Trinajstić information content (AvgIpc) is 2.72. The molecule has 6 nitrogen and oxygen atoms in total. The van der Waals surface area contributed by atoms with Gasteiger partial charge in [-0.15, -0.1) is 0 Å². The maximum absolute atomic E-state index is 12.3. The molecule has 0 aliphatic heterocycles. The van der Waals surface area contributed by atoms with Gasteiger partial charge in [0.15, 0.2) is 0 Å². The van der Waals surface area contributed by atoms with Crippen molar-refractivity contribution < 1.29 is 19.1 Å². The molecule has 1 N–H and O–H groups in total. The smallest absolute Gasteiger partial charge is 0.340 e.